The molecule has 5 heteroatoms. The number of esters is 1. The molecule has 0 saturated heterocycles. The van der Waals surface area contributed by atoms with E-state index in [1.54, 1.807) is 26.1 Å². The zero-order chi connectivity index (χ0) is 13.4. The lowest BCUT2D eigenvalue weighted by molar-refractivity contribution is -0.147. The van der Waals surface area contributed by atoms with Crippen molar-refractivity contribution in [1.82, 2.24) is 10.6 Å². The zero-order valence-corrected chi connectivity index (χ0v) is 10.6. The predicted octanol–water partition coefficient (Wildman–Crippen LogP) is 0.626. The average Bonchev–Trinajstić information content (AvgIpc) is 2.37. The molecular formula is C13H18N2O3. The molecule has 5 nitrogen and oxygen atoms in total. The van der Waals surface area contributed by atoms with Crippen molar-refractivity contribution >= 4 is 11.9 Å². The van der Waals surface area contributed by atoms with Gasteiger partial charge in [-0.15, -0.1) is 0 Å². The highest BCUT2D eigenvalue weighted by atomic mass is 16.5. The first-order valence-electron chi connectivity index (χ1n) is 5.84. The van der Waals surface area contributed by atoms with Crippen LogP contribution in [0.3, 0.4) is 0 Å². The Hall–Kier alpha value is -1.88. The number of benzene rings is 1. The fourth-order valence-electron chi connectivity index (χ4n) is 1.52. The number of carbonyl (C=O) groups is 2. The largest absolute Gasteiger partial charge is 0.464 e. The minimum Gasteiger partial charge on any atom is -0.464 e. The Bertz CT molecular complexity index is 392. The van der Waals surface area contributed by atoms with Gasteiger partial charge in [0.05, 0.1) is 13.2 Å². The Morgan fingerprint density at radius 1 is 1.28 bits per heavy atom. The third kappa shape index (κ3) is 4.18. The molecule has 0 aliphatic rings. The van der Waals surface area contributed by atoms with Crippen LogP contribution in [0.1, 0.15) is 18.5 Å². The molecular weight excluding hydrogens is 232 g/mol. The SMILES string of the molecule is CCOC(=O)[C@H](NC(=O)CNC)c1ccccc1. The minimum absolute atomic E-state index is 0.155. The normalized spacial score (nSPS) is 11.7. The topological polar surface area (TPSA) is 67.4 Å². The minimum atomic E-state index is -0.757. The van der Waals surface area contributed by atoms with E-state index < -0.39 is 12.0 Å². The number of likely N-dealkylation sites (N-methyl/N-ethyl adjacent to an activating group) is 1. The second-order valence-corrected chi connectivity index (χ2v) is 3.69. The number of hydrogen-bond acceptors (Lipinski definition) is 4. The van der Waals surface area contributed by atoms with Gasteiger partial charge in [-0.25, -0.2) is 4.79 Å². The van der Waals surface area contributed by atoms with Crippen molar-refractivity contribution in [3.63, 3.8) is 0 Å². The fourth-order valence-corrected chi connectivity index (χ4v) is 1.52. The smallest absolute Gasteiger partial charge is 0.333 e. The van der Waals surface area contributed by atoms with Crippen LogP contribution in [0.15, 0.2) is 30.3 Å². The molecule has 1 aromatic carbocycles. The molecule has 0 radical (unpaired) electrons. The Balaban J connectivity index is 2.82. The van der Waals surface area contributed by atoms with E-state index in [0.717, 1.165) is 0 Å². The van der Waals surface area contributed by atoms with Gasteiger partial charge in [-0.1, -0.05) is 30.3 Å². The Morgan fingerprint density at radius 3 is 2.50 bits per heavy atom. The molecule has 1 amide bonds. The van der Waals surface area contributed by atoms with Crippen LogP contribution in [-0.4, -0.2) is 32.1 Å². The van der Waals surface area contributed by atoms with Gasteiger partial charge in [0, 0.05) is 0 Å². The molecule has 2 N–H and O–H groups in total. The first-order chi connectivity index (χ1) is 8.69. The van der Waals surface area contributed by atoms with Crippen LogP contribution in [0.25, 0.3) is 0 Å². The number of rotatable bonds is 6. The van der Waals surface area contributed by atoms with Crippen molar-refractivity contribution in [2.24, 2.45) is 0 Å². The first-order valence-corrected chi connectivity index (χ1v) is 5.84. The Morgan fingerprint density at radius 2 is 1.94 bits per heavy atom. The van der Waals surface area contributed by atoms with Crippen LogP contribution in [-0.2, 0) is 14.3 Å². The summed E-state index contributed by atoms with van der Waals surface area (Å²) in [5.41, 5.74) is 0.709. The molecule has 0 aliphatic carbocycles. The molecule has 0 unspecified atom stereocenters. The molecule has 1 aromatic rings. The summed E-state index contributed by atoms with van der Waals surface area (Å²) in [4.78, 5) is 23.4. The van der Waals surface area contributed by atoms with Crippen molar-refractivity contribution in [2.75, 3.05) is 20.2 Å². The van der Waals surface area contributed by atoms with Crippen molar-refractivity contribution in [3.8, 4) is 0 Å². The van der Waals surface area contributed by atoms with E-state index in [1.165, 1.54) is 0 Å². The zero-order valence-electron chi connectivity index (χ0n) is 10.6. The molecule has 0 bridgehead atoms. The van der Waals surface area contributed by atoms with Crippen LogP contribution in [0, 0.1) is 0 Å². The molecule has 0 fully saturated rings. The van der Waals surface area contributed by atoms with E-state index in [1.807, 2.05) is 18.2 Å². The molecule has 18 heavy (non-hydrogen) atoms. The highest BCUT2D eigenvalue weighted by Gasteiger charge is 2.23. The number of hydrogen-bond donors (Lipinski definition) is 2. The third-order valence-electron chi connectivity index (χ3n) is 2.30. The lowest BCUT2D eigenvalue weighted by atomic mass is 10.1. The van der Waals surface area contributed by atoms with E-state index in [9.17, 15) is 9.59 Å². The number of amides is 1. The quantitative estimate of drug-likeness (QED) is 0.727. The summed E-state index contributed by atoms with van der Waals surface area (Å²) in [5.74, 6) is -0.701. The van der Waals surface area contributed by atoms with E-state index in [2.05, 4.69) is 10.6 Å². The van der Waals surface area contributed by atoms with Gasteiger partial charge < -0.3 is 15.4 Å². The fraction of sp³-hybridized carbons (Fsp3) is 0.385. The maximum atomic E-state index is 11.8. The van der Waals surface area contributed by atoms with Crippen LogP contribution in [0.4, 0.5) is 0 Å². The summed E-state index contributed by atoms with van der Waals surface area (Å²) in [7, 11) is 1.67. The predicted molar refractivity (Wildman–Crippen MR) is 67.9 cm³/mol. The summed E-state index contributed by atoms with van der Waals surface area (Å²) >= 11 is 0. The van der Waals surface area contributed by atoms with Gasteiger partial charge in [0.15, 0.2) is 6.04 Å². The summed E-state index contributed by atoms with van der Waals surface area (Å²) in [6.07, 6.45) is 0. The molecule has 0 aliphatic heterocycles. The Kier molecular flexibility index (Phi) is 5.87. The maximum absolute atomic E-state index is 11.8. The molecule has 0 aromatic heterocycles. The Labute approximate surface area is 107 Å². The molecule has 98 valence electrons. The third-order valence-corrected chi connectivity index (χ3v) is 2.30. The van der Waals surface area contributed by atoms with Crippen LogP contribution >= 0.6 is 0 Å². The van der Waals surface area contributed by atoms with E-state index >= 15 is 0 Å². The number of nitrogens with one attached hydrogen (secondary N) is 2. The highest BCUT2D eigenvalue weighted by molar-refractivity contribution is 5.86. The van der Waals surface area contributed by atoms with Crippen LogP contribution in [0.5, 0.6) is 0 Å². The van der Waals surface area contributed by atoms with Crippen molar-refractivity contribution < 1.29 is 14.3 Å². The van der Waals surface area contributed by atoms with Gasteiger partial charge in [0.25, 0.3) is 0 Å². The van der Waals surface area contributed by atoms with Crippen molar-refractivity contribution in [1.29, 1.82) is 0 Å². The van der Waals surface area contributed by atoms with Crippen molar-refractivity contribution in [2.45, 2.75) is 13.0 Å². The number of carbonyl (C=O) groups excluding carboxylic acids is 2. The lowest BCUT2D eigenvalue weighted by Gasteiger charge is -2.17. The van der Waals surface area contributed by atoms with Gasteiger partial charge in [-0.2, -0.15) is 0 Å². The monoisotopic (exact) mass is 250 g/mol. The summed E-state index contributed by atoms with van der Waals surface area (Å²) in [5, 5.41) is 5.37. The average molecular weight is 250 g/mol. The highest BCUT2D eigenvalue weighted by Crippen LogP contribution is 2.14. The first kappa shape index (κ1) is 14.2. The second kappa shape index (κ2) is 7.45. The van der Waals surface area contributed by atoms with E-state index in [0.29, 0.717) is 5.56 Å². The molecule has 0 spiro atoms. The molecule has 0 heterocycles. The van der Waals surface area contributed by atoms with Crippen molar-refractivity contribution in [3.05, 3.63) is 35.9 Å². The van der Waals surface area contributed by atoms with Crippen LogP contribution in [0.2, 0.25) is 0 Å². The van der Waals surface area contributed by atoms with Gasteiger partial charge >= 0.3 is 5.97 Å². The number of ether oxygens (including phenoxy) is 1. The van der Waals surface area contributed by atoms with Gasteiger partial charge in [0.1, 0.15) is 0 Å². The summed E-state index contributed by atoms with van der Waals surface area (Å²) in [6.45, 7) is 2.17. The summed E-state index contributed by atoms with van der Waals surface area (Å²) in [6, 6.07) is 8.27. The standard InChI is InChI=1S/C13H18N2O3/c1-3-18-13(17)12(15-11(16)9-14-2)10-7-5-4-6-8-10/h4-8,12,14H,3,9H2,1-2H3,(H,15,16)/t12-/m1/s1. The molecule has 1 rings (SSSR count). The summed E-state index contributed by atoms with van der Waals surface area (Å²) < 4.78 is 4.96. The second-order valence-electron chi connectivity index (χ2n) is 3.69. The lowest BCUT2D eigenvalue weighted by Crippen LogP contribution is -2.39. The van der Waals surface area contributed by atoms with Crippen LogP contribution < -0.4 is 10.6 Å². The van der Waals surface area contributed by atoms with Gasteiger partial charge in [0.2, 0.25) is 5.91 Å². The van der Waals surface area contributed by atoms with E-state index in [4.69, 9.17) is 4.74 Å². The van der Waals surface area contributed by atoms with Gasteiger partial charge in [-0.05, 0) is 19.5 Å². The molecule has 0 saturated carbocycles. The molecule has 1 atom stereocenters. The van der Waals surface area contributed by atoms with Gasteiger partial charge in [-0.3, -0.25) is 4.79 Å². The van der Waals surface area contributed by atoms with E-state index in [-0.39, 0.29) is 19.1 Å². The maximum Gasteiger partial charge on any atom is 0.333 e.